The van der Waals surface area contributed by atoms with Gasteiger partial charge in [-0.05, 0) is 47.1 Å². The summed E-state index contributed by atoms with van der Waals surface area (Å²) in [7, 11) is -3.00. The van der Waals surface area contributed by atoms with Gasteiger partial charge in [-0.25, -0.2) is 12.8 Å². The molecular weight excluding hydrogens is 620 g/mol. The van der Waals surface area contributed by atoms with Gasteiger partial charge in [0.05, 0.1) is 22.4 Å². The number of thiophene rings is 1. The molecule has 5 rings (SSSR count). The van der Waals surface area contributed by atoms with E-state index < -0.39 is 15.7 Å². The SMILES string of the molecule is CS(=O)(=O)CCNCc1ccc(-c2cc3nccc(Oc4ccc(NC(=S)NC(=O)Cc5ccccc5)cc4F)c3s2)cc1. The number of nitrogens with zero attached hydrogens (tertiary/aromatic N) is 1. The minimum absolute atomic E-state index is 0.0322. The van der Waals surface area contributed by atoms with Crippen LogP contribution in [0.25, 0.3) is 20.7 Å². The number of thiocarbonyl (C=S) groups is 1. The average Bonchev–Trinajstić information content (AvgIpc) is 3.42. The maximum absolute atomic E-state index is 15.1. The number of aromatic nitrogens is 1. The van der Waals surface area contributed by atoms with Gasteiger partial charge in [0.15, 0.2) is 16.7 Å². The Morgan fingerprint density at radius 2 is 1.75 bits per heavy atom. The predicted molar refractivity (Wildman–Crippen MR) is 177 cm³/mol. The molecule has 3 aromatic carbocycles. The molecule has 226 valence electrons. The van der Waals surface area contributed by atoms with E-state index in [1.165, 1.54) is 29.7 Å². The Morgan fingerprint density at radius 1 is 0.977 bits per heavy atom. The van der Waals surface area contributed by atoms with E-state index in [1.54, 1.807) is 18.3 Å². The molecule has 0 aliphatic heterocycles. The first-order valence-corrected chi connectivity index (χ1v) is 16.9. The van der Waals surface area contributed by atoms with Gasteiger partial charge in [-0.15, -0.1) is 11.3 Å². The van der Waals surface area contributed by atoms with Crippen LogP contribution in [-0.2, 0) is 27.6 Å². The number of nitrogens with one attached hydrogen (secondary N) is 3. The van der Waals surface area contributed by atoms with Gasteiger partial charge >= 0.3 is 0 Å². The molecule has 2 heterocycles. The van der Waals surface area contributed by atoms with E-state index in [-0.39, 0.29) is 28.9 Å². The zero-order valence-corrected chi connectivity index (χ0v) is 26.1. The number of carbonyl (C=O) groups excluding carboxylic acids is 1. The number of halogens is 1. The fourth-order valence-electron chi connectivity index (χ4n) is 4.31. The van der Waals surface area contributed by atoms with E-state index >= 15 is 4.39 Å². The summed E-state index contributed by atoms with van der Waals surface area (Å²) in [6.45, 7) is 0.961. The van der Waals surface area contributed by atoms with Crippen LogP contribution in [0.15, 0.2) is 91.1 Å². The summed E-state index contributed by atoms with van der Waals surface area (Å²) in [6.07, 6.45) is 3.01. The Balaban J connectivity index is 1.21. The van der Waals surface area contributed by atoms with Gasteiger partial charge in [0, 0.05) is 48.2 Å². The Hall–Kier alpha value is -4.23. The highest BCUT2D eigenvalue weighted by Gasteiger charge is 2.14. The maximum atomic E-state index is 15.1. The number of hydrogen-bond acceptors (Lipinski definition) is 8. The Morgan fingerprint density at radius 3 is 2.48 bits per heavy atom. The molecule has 0 bridgehead atoms. The highest BCUT2D eigenvalue weighted by Crippen LogP contribution is 2.39. The zero-order chi connectivity index (χ0) is 31.1. The molecule has 5 aromatic rings. The van der Waals surface area contributed by atoms with Gasteiger partial charge in [-0.3, -0.25) is 9.78 Å². The molecule has 3 N–H and O–H groups in total. The Kier molecular flexibility index (Phi) is 9.95. The topological polar surface area (TPSA) is 109 Å². The maximum Gasteiger partial charge on any atom is 0.230 e. The number of pyridine rings is 1. The molecule has 0 saturated heterocycles. The Labute approximate surface area is 264 Å². The van der Waals surface area contributed by atoms with Crippen molar-refractivity contribution in [2.45, 2.75) is 13.0 Å². The van der Waals surface area contributed by atoms with E-state index in [4.69, 9.17) is 17.0 Å². The van der Waals surface area contributed by atoms with Gasteiger partial charge in [0.2, 0.25) is 5.91 Å². The number of carbonyl (C=O) groups is 1. The number of benzene rings is 3. The quantitative estimate of drug-likeness (QED) is 0.117. The Bertz CT molecular complexity index is 1900. The molecule has 0 atom stereocenters. The van der Waals surface area contributed by atoms with Crippen molar-refractivity contribution in [1.29, 1.82) is 0 Å². The third kappa shape index (κ3) is 8.66. The summed E-state index contributed by atoms with van der Waals surface area (Å²) < 4.78 is 44.4. The largest absolute Gasteiger partial charge is 0.453 e. The molecule has 0 aliphatic rings. The second-order valence-corrected chi connectivity index (χ2v) is 13.8. The van der Waals surface area contributed by atoms with Crippen LogP contribution in [0.4, 0.5) is 10.1 Å². The summed E-state index contributed by atoms with van der Waals surface area (Å²) in [5.41, 5.74) is 3.98. The molecule has 0 saturated carbocycles. The molecule has 8 nitrogen and oxygen atoms in total. The smallest absolute Gasteiger partial charge is 0.230 e. The van der Waals surface area contributed by atoms with Gasteiger partial charge in [-0.2, -0.15) is 0 Å². The second kappa shape index (κ2) is 14.0. The molecule has 0 unspecified atom stereocenters. The molecule has 2 aromatic heterocycles. The molecule has 44 heavy (non-hydrogen) atoms. The number of amides is 1. The summed E-state index contributed by atoms with van der Waals surface area (Å²) in [6, 6.07) is 25.3. The lowest BCUT2D eigenvalue weighted by Gasteiger charge is -2.12. The minimum Gasteiger partial charge on any atom is -0.453 e. The van der Waals surface area contributed by atoms with Crippen molar-refractivity contribution in [2.24, 2.45) is 0 Å². The normalized spacial score (nSPS) is 11.3. The van der Waals surface area contributed by atoms with Crippen molar-refractivity contribution in [3.8, 4) is 21.9 Å². The van der Waals surface area contributed by atoms with Crippen LogP contribution in [0.2, 0.25) is 0 Å². The van der Waals surface area contributed by atoms with Crippen molar-refractivity contribution < 1.29 is 22.3 Å². The first-order chi connectivity index (χ1) is 21.1. The minimum atomic E-state index is -3.00. The second-order valence-electron chi connectivity index (χ2n) is 10.0. The zero-order valence-electron chi connectivity index (χ0n) is 23.7. The van der Waals surface area contributed by atoms with E-state index in [0.717, 1.165) is 31.8 Å². The van der Waals surface area contributed by atoms with E-state index in [1.807, 2.05) is 60.7 Å². The van der Waals surface area contributed by atoms with Crippen LogP contribution in [0.5, 0.6) is 11.5 Å². The molecule has 0 fully saturated rings. The molecule has 1 amide bonds. The summed E-state index contributed by atoms with van der Waals surface area (Å²) in [4.78, 5) is 17.7. The molecule has 0 radical (unpaired) electrons. The number of ether oxygens (including phenoxy) is 1. The average molecular weight is 649 g/mol. The number of hydrogen-bond donors (Lipinski definition) is 3. The van der Waals surface area contributed by atoms with Crippen LogP contribution in [-0.4, -0.2) is 43.0 Å². The van der Waals surface area contributed by atoms with Crippen LogP contribution < -0.4 is 20.7 Å². The van der Waals surface area contributed by atoms with E-state index in [9.17, 15) is 13.2 Å². The van der Waals surface area contributed by atoms with Gasteiger partial charge < -0.3 is 20.7 Å². The van der Waals surface area contributed by atoms with Crippen molar-refractivity contribution in [3.05, 3.63) is 108 Å². The van der Waals surface area contributed by atoms with Crippen molar-refractivity contribution in [1.82, 2.24) is 15.6 Å². The van der Waals surface area contributed by atoms with Gasteiger partial charge in [0.25, 0.3) is 0 Å². The van der Waals surface area contributed by atoms with Gasteiger partial charge in [-0.1, -0.05) is 54.6 Å². The first kappa shape index (κ1) is 31.2. The lowest BCUT2D eigenvalue weighted by molar-refractivity contribution is -0.119. The lowest BCUT2D eigenvalue weighted by atomic mass is 10.1. The standard InChI is InChI=1S/C32H29FN4O4S3/c1-44(39,40)16-15-34-20-22-7-9-23(10-8-22)29-19-26-31(43-29)28(13-14-35-26)41-27-12-11-24(18-25(27)33)36-32(42)37-30(38)17-21-5-3-2-4-6-21/h2-14,18-19,34H,15-17,20H2,1H3,(H2,36,37,38,42). The third-order valence-corrected chi connectivity index (χ3v) is 8.80. The van der Waals surface area contributed by atoms with Crippen molar-refractivity contribution >= 4 is 60.3 Å². The van der Waals surface area contributed by atoms with Crippen LogP contribution in [0, 0.1) is 5.82 Å². The first-order valence-electron chi connectivity index (χ1n) is 13.6. The summed E-state index contributed by atoms with van der Waals surface area (Å²) in [5.74, 6) is -0.277. The highest BCUT2D eigenvalue weighted by atomic mass is 32.2. The molecule has 0 aliphatic carbocycles. The van der Waals surface area contributed by atoms with E-state index in [0.29, 0.717) is 24.5 Å². The highest BCUT2D eigenvalue weighted by molar-refractivity contribution is 7.90. The van der Waals surface area contributed by atoms with Crippen LogP contribution >= 0.6 is 23.6 Å². The fourth-order valence-corrected chi connectivity index (χ4v) is 6.13. The summed E-state index contributed by atoms with van der Waals surface area (Å²) in [5, 5.41) is 8.65. The number of sulfone groups is 1. The van der Waals surface area contributed by atoms with Gasteiger partial charge in [0.1, 0.15) is 15.6 Å². The number of fused-ring (bicyclic) bond motifs is 1. The third-order valence-electron chi connectivity index (χ3n) is 6.46. The predicted octanol–water partition coefficient (Wildman–Crippen LogP) is 6.08. The molecular formula is C32H29FN4O4S3. The van der Waals surface area contributed by atoms with E-state index in [2.05, 4.69) is 20.9 Å². The van der Waals surface area contributed by atoms with Crippen molar-refractivity contribution in [3.63, 3.8) is 0 Å². The fraction of sp³-hybridized carbons (Fsp3) is 0.156. The monoisotopic (exact) mass is 648 g/mol. The molecule has 0 spiro atoms. The van der Waals surface area contributed by atoms with Crippen molar-refractivity contribution in [2.75, 3.05) is 23.9 Å². The number of rotatable bonds is 11. The molecule has 12 heteroatoms. The summed E-state index contributed by atoms with van der Waals surface area (Å²) >= 11 is 6.71. The van der Waals surface area contributed by atoms with Crippen LogP contribution in [0.1, 0.15) is 11.1 Å². The lowest BCUT2D eigenvalue weighted by Crippen LogP contribution is -2.35. The number of anilines is 1. The van der Waals surface area contributed by atoms with Crippen LogP contribution in [0.3, 0.4) is 0 Å².